The van der Waals surface area contributed by atoms with Gasteiger partial charge in [0, 0.05) is 6.61 Å². The molecule has 0 amide bonds. The molecule has 1 saturated heterocycles. The highest BCUT2D eigenvalue weighted by atomic mass is 16.5. The zero-order chi connectivity index (χ0) is 13.9. The van der Waals surface area contributed by atoms with Gasteiger partial charge in [0.15, 0.2) is 0 Å². The van der Waals surface area contributed by atoms with Crippen LogP contribution in [0.5, 0.6) is 0 Å². The highest BCUT2D eigenvalue weighted by molar-refractivity contribution is 5.69. The number of hydrogen-bond acceptors (Lipinski definition) is 4. The van der Waals surface area contributed by atoms with Crippen molar-refractivity contribution in [2.24, 2.45) is 0 Å². The van der Waals surface area contributed by atoms with Crippen molar-refractivity contribution in [2.75, 3.05) is 13.2 Å². The summed E-state index contributed by atoms with van der Waals surface area (Å²) >= 11 is 0. The summed E-state index contributed by atoms with van der Waals surface area (Å²) in [5.41, 5.74) is 0.965. The maximum absolute atomic E-state index is 10.9. The summed E-state index contributed by atoms with van der Waals surface area (Å²) in [5.74, 6) is -0.139. The van der Waals surface area contributed by atoms with Crippen molar-refractivity contribution in [1.82, 2.24) is 0 Å². The molecule has 1 aromatic rings. The van der Waals surface area contributed by atoms with Crippen LogP contribution in [0.25, 0.3) is 0 Å². The van der Waals surface area contributed by atoms with Crippen LogP contribution in [0.2, 0.25) is 0 Å². The summed E-state index contributed by atoms with van der Waals surface area (Å²) < 4.78 is 10.2. The number of aliphatic hydroxyl groups is 1. The lowest BCUT2D eigenvalue weighted by Gasteiger charge is -2.09. The Morgan fingerprint density at radius 2 is 2.00 bits per heavy atom. The molecule has 1 aromatic carbocycles. The second-order valence-corrected chi connectivity index (χ2v) is 4.45. The van der Waals surface area contributed by atoms with E-state index in [1.165, 1.54) is 0 Å². The van der Waals surface area contributed by atoms with Gasteiger partial charge >= 0.3 is 5.97 Å². The molecule has 106 valence electrons. The maximum Gasteiger partial charge on any atom is 0.308 e. The number of hydrogen-bond donors (Lipinski definition) is 1. The minimum absolute atomic E-state index is 0.0594. The lowest BCUT2D eigenvalue weighted by Crippen LogP contribution is -2.14. The number of esters is 1. The third-order valence-corrected chi connectivity index (χ3v) is 2.71. The van der Waals surface area contributed by atoms with Crippen LogP contribution in [-0.2, 0) is 20.9 Å². The van der Waals surface area contributed by atoms with Crippen molar-refractivity contribution in [3.05, 3.63) is 35.9 Å². The van der Waals surface area contributed by atoms with Gasteiger partial charge in [-0.1, -0.05) is 30.3 Å². The number of cyclic esters (lactones) is 1. The van der Waals surface area contributed by atoms with Crippen LogP contribution in [0.1, 0.15) is 31.7 Å². The van der Waals surface area contributed by atoms with Gasteiger partial charge in [-0.05, 0) is 25.3 Å². The van der Waals surface area contributed by atoms with Gasteiger partial charge in [0.05, 0.1) is 25.7 Å². The van der Waals surface area contributed by atoms with Crippen molar-refractivity contribution in [3.63, 3.8) is 0 Å². The fraction of sp³-hybridized carbons (Fsp3) is 0.533. The molecule has 1 unspecified atom stereocenters. The molecule has 19 heavy (non-hydrogen) atoms. The molecule has 4 heteroatoms. The quantitative estimate of drug-likeness (QED) is 0.792. The van der Waals surface area contributed by atoms with E-state index in [4.69, 9.17) is 14.6 Å². The Balaban J connectivity index is 0.000000200. The van der Waals surface area contributed by atoms with Gasteiger partial charge in [-0.15, -0.1) is 0 Å². The molecule has 0 bridgehead atoms. The summed E-state index contributed by atoms with van der Waals surface area (Å²) in [6.45, 7) is 3.32. The first kappa shape index (κ1) is 15.7. The normalized spacial score (nSPS) is 20.1. The number of ether oxygens (including phenoxy) is 2. The Morgan fingerprint density at radius 3 is 2.63 bits per heavy atom. The molecule has 0 aliphatic carbocycles. The molecule has 1 N–H and O–H groups in total. The largest absolute Gasteiger partial charge is 0.463 e. The number of rotatable bonds is 1. The Labute approximate surface area is 114 Å². The van der Waals surface area contributed by atoms with Crippen LogP contribution in [0.3, 0.4) is 0 Å². The van der Waals surface area contributed by atoms with Crippen molar-refractivity contribution in [2.45, 2.75) is 38.9 Å². The molecule has 1 aliphatic heterocycles. The van der Waals surface area contributed by atoms with Gasteiger partial charge in [-0.2, -0.15) is 0 Å². The molecular formula is C15H22O4. The van der Waals surface area contributed by atoms with E-state index >= 15 is 0 Å². The lowest BCUT2D eigenvalue weighted by atomic mass is 10.2. The van der Waals surface area contributed by atoms with Crippen molar-refractivity contribution in [1.29, 1.82) is 0 Å². The van der Waals surface area contributed by atoms with Crippen LogP contribution in [0.4, 0.5) is 0 Å². The fourth-order valence-electron chi connectivity index (χ4n) is 1.66. The van der Waals surface area contributed by atoms with Gasteiger partial charge < -0.3 is 14.6 Å². The predicted molar refractivity (Wildman–Crippen MR) is 72.6 cm³/mol. The first-order valence-electron chi connectivity index (χ1n) is 6.64. The van der Waals surface area contributed by atoms with Crippen LogP contribution < -0.4 is 0 Å². The number of benzene rings is 1. The minimum Gasteiger partial charge on any atom is -0.463 e. The highest BCUT2D eigenvalue weighted by Crippen LogP contribution is 2.06. The first-order valence-corrected chi connectivity index (χ1v) is 6.64. The average molecular weight is 266 g/mol. The molecule has 2 rings (SSSR count). The fourth-order valence-corrected chi connectivity index (χ4v) is 1.66. The molecule has 1 heterocycles. The van der Waals surface area contributed by atoms with E-state index in [1.54, 1.807) is 0 Å². The Hall–Kier alpha value is -1.39. The van der Waals surface area contributed by atoms with E-state index in [0.29, 0.717) is 13.0 Å². The van der Waals surface area contributed by atoms with E-state index in [-0.39, 0.29) is 18.7 Å². The first-order chi connectivity index (χ1) is 9.22. The molecule has 0 radical (unpaired) electrons. The monoisotopic (exact) mass is 266 g/mol. The van der Waals surface area contributed by atoms with Gasteiger partial charge in [0.1, 0.15) is 0 Å². The standard InChI is InChI=1S/C8H14O3.C7H8O/c1-7-3-2-5-10-6-4-8(9)11-7;8-6-7-4-2-1-3-5-7/h7H,2-6H2,1H3;1-5,8H,6H2. The van der Waals surface area contributed by atoms with Gasteiger partial charge in [-0.3, -0.25) is 4.79 Å². The summed E-state index contributed by atoms with van der Waals surface area (Å²) in [7, 11) is 0. The topological polar surface area (TPSA) is 55.8 Å². The highest BCUT2D eigenvalue weighted by Gasteiger charge is 2.11. The minimum atomic E-state index is -0.139. The number of carbonyl (C=O) groups excluding carboxylic acids is 1. The molecule has 1 aliphatic rings. The van der Waals surface area contributed by atoms with Crippen LogP contribution >= 0.6 is 0 Å². The maximum atomic E-state index is 10.9. The lowest BCUT2D eigenvalue weighted by molar-refractivity contribution is -0.148. The van der Waals surface area contributed by atoms with Crippen molar-refractivity contribution in [3.8, 4) is 0 Å². The Bertz CT molecular complexity index is 350. The van der Waals surface area contributed by atoms with E-state index in [1.807, 2.05) is 37.3 Å². The van der Waals surface area contributed by atoms with Crippen molar-refractivity contribution < 1.29 is 19.4 Å². The van der Waals surface area contributed by atoms with Crippen LogP contribution in [0, 0.1) is 0 Å². The molecule has 0 spiro atoms. The molecular weight excluding hydrogens is 244 g/mol. The predicted octanol–water partition coefficient (Wildman–Crippen LogP) is 2.30. The SMILES string of the molecule is CC1CCCOCCC(=O)O1.OCc1ccccc1. The summed E-state index contributed by atoms with van der Waals surface area (Å²) in [4.78, 5) is 10.9. The molecule has 0 saturated carbocycles. The van der Waals surface area contributed by atoms with Crippen LogP contribution in [-0.4, -0.2) is 30.4 Å². The third-order valence-electron chi connectivity index (χ3n) is 2.71. The van der Waals surface area contributed by atoms with E-state index in [2.05, 4.69) is 0 Å². The summed E-state index contributed by atoms with van der Waals surface area (Å²) in [5, 5.41) is 8.54. The van der Waals surface area contributed by atoms with Gasteiger partial charge in [-0.25, -0.2) is 0 Å². The zero-order valence-corrected chi connectivity index (χ0v) is 11.4. The number of aliphatic hydroxyl groups excluding tert-OH is 1. The molecule has 0 aromatic heterocycles. The third kappa shape index (κ3) is 7.59. The second-order valence-electron chi connectivity index (χ2n) is 4.45. The Morgan fingerprint density at radius 1 is 1.26 bits per heavy atom. The molecule has 1 fully saturated rings. The average Bonchev–Trinajstić information content (AvgIpc) is 2.52. The van der Waals surface area contributed by atoms with Gasteiger partial charge in [0.25, 0.3) is 0 Å². The molecule has 1 atom stereocenters. The second kappa shape index (κ2) is 9.53. The van der Waals surface area contributed by atoms with Crippen LogP contribution in [0.15, 0.2) is 30.3 Å². The van der Waals surface area contributed by atoms with E-state index in [0.717, 1.165) is 25.0 Å². The zero-order valence-electron chi connectivity index (χ0n) is 11.4. The Kier molecular flexibility index (Phi) is 7.86. The summed E-state index contributed by atoms with van der Waals surface area (Å²) in [6, 6.07) is 9.52. The van der Waals surface area contributed by atoms with E-state index < -0.39 is 0 Å². The number of carbonyl (C=O) groups is 1. The molecule has 4 nitrogen and oxygen atoms in total. The van der Waals surface area contributed by atoms with Gasteiger partial charge in [0.2, 0.25) is 0 Å². The van der Waals surface area contributed by atoms with E-state index in [9.17, 15) is 4.79 Å². The summed E-state index contributed by atoms with van der Waals surface area (Å²) in [6.07, 6.45) is 2.34. The van der Waals surface area contributed by atoms with Crippen molar-refractivity contribution >= 4 is 5.97 Å². The smallest absolute Gasteiger partial charge is 0.308 e.